The molecule has 0 saturated carbocycles. The van der Waals surface area contributed by atoms with Gasteiger partial charge in [0, 0.05) is 11.8 Å². The van der Waals surface area contributed by atoms with Crippen LogP contribution in [0.2, 0.25) is 0 Å². The summed E-state index contributed by atoms with van der Waals surface area (Å²) in [7, 11) is 1.62. The Kier molecular flexibility index (Phi) is 9.13. The number of hydrogen-bond acceptors (Lipinski definition) is 6. The van der Waals surface area contributed by atoms with E-state index >= 15 is 0 Å². The molecule has 0 fully saturated rings. The van der Waals surface area contributed by atoms with Crippen LogP contribution < -0.4 is 15.4 Å². The van der Waals surface area contributed by atoms with Crippen molar-refractivity contribution in [3.8, 4) is 5.75 Å². The number of aryl methyl sites for hydroxylation is 1. The molecule has 6 nitrogen and oxygen atoms in total. The molecule has 2 N–H and O–H groups in total. The monoisotopic (exact) mass is 407 g/mol. The third kappa shape index (κ3) is 7.60. The Hall–Kier alpha value is -2.06. The van der Waals surface area contributed by atoms with Gasteiger partial charge < -0.3 is 15.4 Å². The van der Waals surface area contributed by atoms with Gasteiger partial charge in [-0.05, 0) is 42.5 Å². The Balaban J connectivity index is 1.83. The normalized spacial score (nSPS) is 11.6. The molecule has 0 aliphatic rings. The van der Waals surface area contributed by atoms with Gasteiger partial charge in [0.25, 0.3) is 0 Å². The fourth-order valence-electron chi connectivity index (χ4n) is 2.45. The molecule has 0 aliphatic heterocycles. The van der Waals surface area contributed by atoms with Crippen molar-refractivity contribution < 1.29 is 14.3 Å². The summed E-state index contributed by atoms with van der Waals surface area (Å²) in [6.07, 6.45) is 3.53. The average molecular weight is 408 g/mol. The van der Waals surface area contributed by atoms with Crippen molar-refractivity contribution in [2.75, 3.05) is 19.1 Å². The molecule has 1 aromatic heterocycles. The standard InChI is InChI=1S/C19H25N3O3S2/c1-25-16-6-3-14(4-7-16)5-8-18(23)22-17(9-10-26-2)19(24)20-11-15-12-27-13-21-15/h3-4,6-7,12-13,17H,5,8-11H2,1-2H3,(H,20,24)(H,22,23)/t17-/m0/s1. The van der Waals surface area contributed by atoms with E-state index < -0.39 is 6.04 Å². The molecule has 1 atom stereocenters. The maximum Gasteiger partial charge on any atom is 0.242 e. The highest BCUT2D eigenvalue weighted by molar-refractivity contribution is 7.98. The fourth-order valence-corrected chi connectivity index (χ4v) is 3.48. The third-order valence-electron chi connectivity index (χ3n) is 3.99. The van der Waals surface area contributed by atoms with Crippen LogP contribution in [0.15, 0.2) is 35.2 Å². The fraction of sp³-hybridized carbons (Fsp3) is 0.421. The summed E-state index contributed by atoms with van der Waals surface area (Å²) in [6, 6.07) is 7.11. The highest BCUT2D eigenvalue weighted by Gasteiger charge is 2.20. The van der Waals surface area contributed by atoms with Gasteiger partial charge in [0.2, 0.25) is 11.8 Å². The number of ether oxygens (including phenoxy) is 1. The largest absolute Gasteiger partial charge is 0.497 e. The third-order valence-corrected chi connectivity index (χ3v) is 5.27. The van der Waals surface area contributed by atoms with E-state index in [1.54, 1.807) is 24.4 Å². The first-order valence-corrected chi connectivity index (χ1v) is 11.0. The highest BCUT2D eigenvalue weighted by Crippen LogP contribution is 2.12. The van der Waals surface area contributed by atoms with Gasteiger partial charge in [-0.1, -0.05) is 12.1 Å². The lowest BCUT2D eigenvalue weighted by Gasteiger charge is -2.18. The number of benzene rings is 1. The molecule has 1 aromatic carbocycles. The van der Waals surface area contributed by atoms with Crippen LogP contribution in [0.4, 0.5) is 0 Å². The minimum Gasteiger partial charge on any atom is -0.497 e. The number of amides is 2. The first-order chi connectivity index (χ1) is 13.1. The summed E-state index contributed by atoms with van der Waals surface area (Å²) in [5.74, 6) is 1.29. The smallest absolute Gasteiger partial charge is 0.242 e. The number of hydrogen-bond donors (Lipinski definition) is 2. The number of methoxy groups -OCH3 is 1. The molecule has 0 bridgehead atoms. The lowest BCUT2D eigenvalue weighted by atomic mass is 10.1. The van der Waals surface area contributed by atoms with E-state index in [-0.39, 0.29) is 11.8 Å². The molecule has 27 heavy (non-hydrogen) atoms. The molecular weight excluding hydrogens is 382 g/mol. The van der Waals surface area contributed by atoms with E-state index in [2.05, 4.69) is 15.6 Å². The van der Waals surface area contributed by atoms with Crippen LogP contribution in [0.5, 0.6) is 5.75 Å². The minimum atomic E-state index is -0.528. The van der Waals surface area contributed by atoms with Crippen molar-refractivity contribution in [1.82, 2.24) is 15.6 Å². The van der Waals surface area contributed by atoms with Gasteiger partial charge in [0.05, 0.1) is 24.9 Å². The number of nitrogens with zero attached hydrogens (tertiary/aromatic N) is 1. The zero-order chi connectivity index (χ0) is 19.5. The molecule has 0 saturated heterocycles. The summed E-state index contributed by atoms with van der Waals surface area (Å²) in [6.45, 7) is 0.375. The van der Waals surface area contributed by atoms with Crippen LogP contribution in [0.3, 0.4) is 0 Å². The van der Waals surface area contributed by atoms with Gasteiger partial charge in [0.1, 0.15) is 11.8 Å². The molecule has 0 spiro atoms. The molecule has 0 radical (unpaired) electrons. The number of thiazole rings is 1. The Bertz CT molecular complexity index is 705. The first-order valence-electron chi connectivity index (χ1n) is 8.68. The van der Waals surface area contributed by atoms with Gasteiger partial charge >= 0.3 is 0 Å². The van der Waals surface area contributed by atoms with Crippen LogP contribution in [0.25, 0.3) is 0 Å². The second kappa shape index (κ2) is 11.6. The van der Waals surface area contributed by atoms with Crippen molar-refractivity contribution in [3.63, 3.8) is 0 Å². The average Bonchev–Trinajstić information content (AvgIpc) is 3.21. The summed E-state index contributed by atoms with van der Waals surface area (Å²) in [5, 5.41) is 7.61. The van der Waals surface area contributed by atoms with Crippen LogP contribution >= 0.6 is 23.1 Å². The number of carbonyl (C=O) groups is 2. The quantitative estimate of drug-likeness (QED) is 0.599. The van der Waals surface area contributed by atoms with E-state index in [4.69, 9.17) is 4.74 Å². The second-order valence-corrected chi connectivity index (χ2v) is 7.65. The van der Waals surface area contributed by atoms with Gasteiger partial charge in [-0.15, -0.1) is 11.3 Å². The summed E-state index contributed by atoms with van der Waals surface area (Å²) >= 11 is 3.14. The molecule has 8 heteroatoms. The maximum atomic E-state index is 12.5. The minimum absolute atomic E-state index is 0.124. The molecule has 2 rings (SSSR count). The number of aromatic nitrogens is 1. The van der Waals surface area contributed by atoms with Crippen molar-refractivity contribution in [1.29, 1.82) is 0 Å². The predicted octanol–water partition coefficient (Wildman–Crippen LogP) is 2.64. The van der Waals surface area contributed by atoms with E-state index in [1.165, 1.54) is 11.3 Å². The molecule has 146 valence electrons. The maximum absolute atomic E-state index is 12.5. The van der Waals surface area contributed by atoms with E-state index in [0.29, 0.717) is 25.8 Å². The van der Waals surface area contributed by atoms with Crippen molar-refractivity contribution in [2.45, 2.75) is 31.8 Å². The van der Waals surface area contributed by atoms with E-state index in [9.17, 15) is 9.59 Å². The van der Waals surface area contributed by atoms with E-state index in [1.807, 2.05) is 35.9 Å². The zero-order valence-electron chi connectivity index (χ0n) is 15.6. The molecule has 1 heterocycles. The summed E-state index contributed by atoms with van der Waals surface area (Å²) in [4.78, 5) is 28.9. The van der Waals surface area contributed by atoms with E-state index in [0.717, 1.165) is 22.8 Å². The van der Waals surface area contributed by atoms with Crippen LogP contribution in [0.1, 0.15) is 24.1 Å². The topological polar surface area (TPSA) is 80.3 Å². The summed E-state index contributed by atoms with van der Waals surface area (Å²) < 4.78 is 5.13. The van der Waals surface area contributed by atoms with Crippen LogP contribution in [-0.4, -0.2) is 42.0 Å². The van der Waals surface area contributed by atoms with Gasteiger partial charge in [0.15, 0.2) is 0 Å². The molecule has 0 aliphatic carbocycles. The highest BCUT2D eigenvalue weighted by atomic mass is 32.2. The SMILES string of the molecule is COc1ccc(CCC(=O)N[C@@H](CCSC)C(=O)NCc2cscn2)cc1. The first kappa shape index (κ1) is 21.2. The van der Waals surface area contributed by atoms with Gasteiger partial charge in [-0.3, -0.25) is 9.59 Å². The van der Waals surface area contributed by atoms with Crippen molar-refractivity contribution >= 4 is 34.9 Å². The molecule has 0 unspecified atom stereocenters. The molecule has 2 aromatic rings. The molecular formula is C19H25N3O3S2. The van der Waals surface area contributed by atoms with Gasteiger partial charge in [-0.25, -0.2) is 4.98 Å². The molecule has 2 amide bonds. The Morgan fingerprint density at radius 1 is 1.30 bits per heavy atom. The predicted molar refractivity (Wildman–Crippen MR) is 110 cm³/mol. The Labute approximate surface area is 168 Å². The van der Waals surface area contributed by atoms with Crippen molar-refractivity contribution in [3.05, 3.63) is 46.4 Å². The number of nitrogens with one attached hydrogen (secondary N) is 2. The second-order valence-electron chi connectivity index (χ2n) is 5.95. The van der Waals surface area contributed by atoms with Crippen molar-refractivity contribution in [2.24, 2.45) is 0 Å². The summed E-state index contributed by atoms with van der Waals surface area (Å²) in [5.41, 5.74) is 3.61. The lowest BCUT2D eigenvalue weighted by molar-refractivity contribution is -0.129. The Morgan fingerprint density at radius 2 is 2.07 bits per heavy atom. The number of carbonyl (C=O) groups excluding carboxylic acids is 2. The lowest BCUT2D eigenvalue weighted by Crippen LogP contribution is -2.47. The van der Waals surface area contributed by atoms with Crippen LogP contribution in [0, 0.1) is 0 Å². The van der Waals surface area contributed by atoms with Crippen LogP contribution in [-0.2, 0) is 22.6 Å². The Morgan fingerprint density at radius 3 is 2.70 bits per heavy atom. The number of rotatable bonds is 11. The zero-order valence-corrected chi connectivity index (χ0v) is 17.2. The number of thioether (sulfide) groups is 1. The van der Waals surface area contributed by atoms with Gasteiger partial charge in [-0.2, -0.15) is 11.8 Å².